The van der Waals surface area contributed by atoms with Crippen molar-refractivity contribution in [1.29, 1.82) is 0 Å². The molecule has 0 saturated carbocycles. The van der Waals surface area contributed by atoms with Crippen LogP contribution in [0.5, 0.6) is 5.75 Å². The number of urea groups is 1. The minimum atomic E-state index is -0.116. The van der Waals surface area contributed by atoms with E-state index < -0.39 is 0 Å². The quantitative estimate of drug-likeness (QED) is 0.705. The van der Waals surface area contributed by atoms with Crippen LogP contribution in [0.4, 0.5) is 16.2 Å². The number of hydrogen-bond donors (Lipinski definition) is 2. The smallest absolute Gasteiger partial charge is 0.322 e. The van der Waals surface area contributed by atoms with Crippen LogP contribution in [0.15, 0.2) is 18.2 Å². The van der Waals surface area contributed by atoms with E-state index in [1.807, 2.05) is 0 Å². The van der Waals surface area contributed by atoms with Gasteiger partial charge in [0.05, 0.1) is 18.5 Å². The Morgan fingerprint density at radius 3 is 2.93 bits per heavy atom. The van der Waals surface area contributed by atoms with Gasteiger partial charge in [-0.1, -0.05) is 0 Å². The number of nitrogen functional groups attached to an aromatic ring is 1. The average molecular weight is 207 g/mol. The van der Waals surface area contributed by atoms with Gasteiger partial charge in [-0.25, -0.2) is 4.79 Å². The number of carbonyl (C=O) groups excluding carboxylic acids is 1. The first-order chi connectivity index (χ1) is 7.22. The molecule has 3 N–H and O–H groups in total. The molecule has 0 atom stereocenters. The van der Waals surface area contributed by atoms with Crippen molar-refractivity contribution in [2.24, 2.45) is 0 Å². The zero-order valence-corrected chi connectivity index (χ0v) is 8.49. The number of carbonyl (C=O) groups is 1. The number of nitrogens with two attached hydrogens (primary N) is 1. The summed E-state index contributed by atoms with van der Waals surface area (Å²) in [6.07, 6.45) is 0. The maximum Gasteiger partial charge on any atom is 0.322 e. The molecule has 15 heavy (non-hydrogen) atoms. The van der Waals surface area contributed by atoms with Gasteiger partial charge >= 0.3 is 6.03 Å². The topological polar surface area (TPSA) is 67.6 Å². The largest absolute Gasteiger partial charge is 0.497 e. The molecule has 1 aromatic carbocycles. The number of hydrogen-bond acceptors (Lipinski definition) is 3. The molecule has 80 valence electrons. The standard InChI is InChI=1S/C10H13N3O2/c1-15-7-2-3-8(11)9(6-7)13-5-4-12-10(13)14/h2-3,6H,4-5,11H2,1H3,(H,12,14). The van der Waals surface area contributed by atoms with Crippen LogP contribution >= 0.6 is 0 Å². The van der Waals surface area contributed by atoms with Gasteiger partial charge in [-0.05, 0) is 12.1 Å². The highest BCUT2D eigenvalue weighted by Gasteiger charge is 2.23. The number of rotatable bonds is 2. The van der Waals surface area contributed by atoms with E-state index in [0.29, 0.717) is 30.2 Å². The molecular weight excluding hydrogens is 194 g/mol. The van der Waals surface area contributed by atoms with Gasteiger partial charge in [-0.2, -0.15) is 0 Å². The van der Waals surface area contributed by atoms with Crippen LogP contribution < -0.4 is 20.7 Å². The summed E-state index contributed by atoms with van der Waals surface area (Å²) in [5.74, 6) is 0.693. The number of anilines is 2. The number of nitrogens with zero attached hydrogens (tertiary/aromatic N) is 1. The molecule has 0 unspecified atom stereocenters. The van der Waals surface area contributed by atoms with Crippen LogP contribution in [-0.2, 0) is 0 Å². The normalized spacial score (nSPS) is 15.3. The Bertz CT molecular complexity index is 392. The van der Waals surface area contributed by atoms with Crippen molar-refractivity contribution in [3.05, 3.63) is 18.2 Å². The van der Waals surface area contributed by atoms with Gasteiger partial charge in [0, 0.05) is 19.2 Å². The molecule has 1 saturated heterocycles. The Morgan fingerprint density at radius 1 is 1.53 bits per heavy atom. The van der Waals surface area contributed by atoms with Crippen molar-refractivity contribution >= 4 is 17.4 Å². The molecule has 2 amide bonds. The number of benzene rings is 1. The van der Waals surface area contributed by atoms with Gasteiger partial charge in [-0.3, -0.25) is 4.90 Å². The molecule has 5 nitrogen and oxygen atoms in total. The maximum absolute atomic E-state index is 11.4. The number of nitrogens with one attached hydrogen (secondary N) is 1. The predicted octanol–water partition coefficient (Wildman–Crippen LogP) is 0.807. The average Bonchev–Trinajstić information content (AvgIpc) is 2.65. The summed E-state index contributed by atoms with van der Waals surface area (Å²) in [5, 5.41) is 2.72. The second kappa shape index (κ2) is 3.68. The predicted molar refractivity (Wildman–Crippen MR) is 58.2 cm³/mol. The Hall–Kier alpha value is -1.91. The van der Waals surface area contributed by atoms with Crippen molar-refractivity contribution in [2.45, 2.75) is 0 Å². The lowest BCUT2D eigenvalue weighted by atomic mass is 10.2. The molecule has 1 heterocycles. The fourth-order valence-electron chi connectivity index (χ4n) is 1.59. The summed E-state index contributed by atoms with van der Waals surface area (Å²) in [4.78, 5) is 13.1. The van der Waals surface area contributed by atoms with Gasteiger partial charge in [0.2, 0.25) is 0 Å². The van der Waals surface area contributed by atoms with Crippen molar-refractivity contribution in [1.82, 2.24) is 5.32 Å². The first kappa shape index (κ1) is 9.64. The van der Waals surface area contributed by atoms with E-state index in [4.69, 9.17) is 10.5 Å². The molecule has 1 aliphatic rings. The van der Waals surface area contributed by atoms with Crippen LogP contribution in [0.2, 0.25) is 0 Å². The van der Waals surface area contributed by atoms with E-state index in [1.165, 1.54) is 0 Å². The molecule has 0 spiro atoms. The van der Waals surface area contributed by atoms with Crippen LogP contribution in [0.1, 0.15) is 0 Å². The van der Waals surface area contributed by atoms with Crippen molar-refractivity contribution in [2.75, 3.05) is 30.8 Å². The molecule has 0 aromatic heterocycles. The highest BCUT2D eigenvalue weighted by atomic mass is 16.5. The monoisotopic (exact) mass is 207 g/mol. The molecule has 5 heteroatoms. The third-order valence-corrected chi connectivity index (χ3v) is 2.39. The van der Waals surface area contributed by atoms with Crippen LogP contribution in [0, 0.1) is 0 Å². The lowest BCUT2D eigenvalue weighted by Gasteiger charge is -2.17. The number of amides is 2. The first-order valence-electron chi connectivity index (χ1n) is 4.71. The highest BCUT2D eigenvalue weighted by molar-refractivity contribution is 5.97. The second-order valence-corrected chi connectivity index (χ2v) is 3.31. The van der Waals surface area contributed by atoms with E-state index in [-0.39, 0.29) is 6.03 Å². The molecule has 1 aromatic rings. The summed E-state index contributed by atoms with van der Waals surface area (Å²) in [6.45, 7) is 1.28. The van der Waals surface area contributed by atoms with Gasteiger partial charge < -0.3 is 15.8 Å². The SMILES string of the molecule is COc1ccc(N)c(N2CCNC2=O)c1. The van der Waals surface area contributed by atoms with Gasteiger partial charge in [0.1, 0.15) is 5.75 Å². The zero-order chi connectivity index (χ0) is 10.8. The fraction of sp³-hybridized carbons (Fsp3) is 0.300. The Labute approximate surface area is 87.8 Å². The third kappa shape index (κ3) is 1.68. The van der Waals surface area contributed by atoms with Crippen LogP contribution in [0.25, 0.3) is 0 Å². The Balaban J connectivity index is 2.37. The lowest BCUT2D eigenvalue weighted by Crippen LogP contribution is -2.28. The van der Waals surface area contributed by atoms with Gasteiger partial charge in [0.15, 0.2) is 0 Å². The summed E-state index contributed by atoms with van der Waals surface area (Å²) in [6, 6.07) is 5.15. The molecule has 0 aliphatic carbocycles. The van der Waals surface area contributed by atoms with E-state index in [0.717, 1.165) is 0 Å². The summed E-state index contributed by atoms with van der Waals surface area (Å²) >= 11 is 0. The molecule has 2 rings (SSSR count). The van der Waals surface area contributed by atoms with Crippen LogP contribution in [-0.4, -0.2) is 26.2 Å². The minimum absolute atomic E-state index is 0.116. The van der Waals surface area contributed by atoms with Gasteiger partial charge in [0.25, 0.3) is 0 Å². The Morgan fingerprint density at radius 2 is 2.33 bits per heavy atom. The van der Waals surface area contributed by atoms with Crippen LogP contribution in [0.3, 0.4) is 0 Å². The van der Waals surface area contributed by atoms with Crippen molar-refractivity contribution in [3.8, 4) is 5.75 Å². The molecule has 0 radical (unpaired) electrons. The van der Waals surface area contributed by atoms with E-state index in [9.17, 15) is 4.79 Å². The van der Waals surface area contributed by atoms with E-state index in [2.05, 4.69) is 5.32 Å². The highest BCUT2D eigenvalue weighted by Crippen LogP contribution is 2.28. The van der Waals surface area contributed by atoms with Gasteiger partial charge in [-0.15, -0.1) is 0 Å². The van der Waals surface area contributed by atoms with Crippen molar-refractivity contribution < 1.29 is 9.53 Å². The zero-order valence-electron chi connectivity index (χ0n) is 8.49. The first-order valence-corrected chi connectivity index (χ1v) is 4.71. The number of ether oxygens (including phenoxy) is 1. The Kier molecular flexibility index (Phi) is 2.37. The second-order valence-electron chi connectivity index (χ2n) is 3.31. The third-order valence-electron chi connectivity index (χ3n) is 2.39. The minimum Gasteiger partial charge on any atom is -0.497 e. The summed E-state index contributed by atoms with van der Waals surface area (Å²) in [7, 11) is 1.58. The molecular formula is C10H13N3O2. The van der Waals surface area contributed by atoms with E-state index >= 15 is 0 Å². The molecule has 1 aliphatic heterocycles. The molecule has 1 fully saturated rings. The summed E-state index contributed by atoms with van der Waals surface area (Å²) in [5.41, 5.74) is 7.08. The lowest BCUT2D eigenvalue weighted by molar-refractivity contribution is 0.252. The molecule has 0 bridgehead atoms. The van der Waals surface area contributed by atoms with E-state index in [1.54, 1.807) is 30.2 Å². The maximum atomic E-state index is 11.4. The fourth-order valence-corrected chi connectivity index (χ4v) is 1.59. The number of methoxy groups -OCH3 is 1. The van der Waals surface area contributed by atoms with Crippen molar-refractivity contribution in [3.63, 3.8) is 0 Å². The summed E-state index contributed by atoms with van der Waals surface area (Å²) < 4.78 is 5.09.